The fourth-order valence-electron chi connectivity index (χ4n) is 4.68. The number of hydrogen-bond acceptors (Lipinski definition) is 5. The molecule has 5 rings (SSSR count). The molecule has 0 bridgehead atoms. The number of halogens is 3. The van der Waals surface area contributed by atoms with Gasteiger partial charge in [0.2, 0.25) is 5.69 Å². The van der Waals surface area contributed by atoms with Crippen LogP contribution in [0.4, 0.5) is 18.9 Å². The van der Waals surface area contributed by atoms with E-state index in [0.717, 1.165) is 11.5 Å². The molecule has 3 heterocycles. The van der Waals surface area contributed by atoms with Crippen LogP contribution in [0.25, 0.3) is 15.7 Å². The van der Waals surface area contributed by atoms with Crippen molar-refractivity contribution in [2.75, 3.05) is 6.67 Å². The van der Waals surface area contributed by atoms with E-state index < -0.39 is 28.6 Å². The molecule has 1 aromatic carbocycles. The molecular weight excluding hydrogens is 435 g/mol. The van der Waals surface area contributed by atoms with Gasteiger partial charge >= 0.3 is 0 Å². The topological polar surface area (TPSA) is 68.5 Å². The summed E-state index contributed by atoms with van der Waals surface area (Å²) in [5.41, 5.74) is 6.93. The van der Waals surface area contributed by atoms with E-state index in [0.29, 0.717) is 28.9 Å². The van der Waals surface area contributed by atoms with Crippen LogP contribution in [0.5, 0.6) is 0 Å². The van der Waals surface area contributed by atoms with Gasteiger partial charge in [0.1, 0.15) is 6.67 Å². The Labute approximate surface area is 186 Å². The van der Waals surface area contributed by atoms with Gasteiger partial charge in [0, 0.05) is 30.3 Å². The highest BCUT2D eigenvalue weighted by Crippen LogP contribution is 2.66. The molecule has 2 aliphatic rings. The number of hydrogen-bond donors (Lipinski definition) is 1. The lowest BCUT2D eigenvalue weighted by Crippen LogP contribution is -2.37. The van der Waals surface area contributed by atoms with E-state index in [-0.39, 0.29) is 23.1 Å². The van der Waals surface area contributed by atoms with Crippen molar-refractivity contribution in [1.29, 1.82) is 0 Å². The molecule has 2 aromatic heterocycles. The molecule has 1 aliphatic carbocycles. The predicted octanol–water partition coefficient (Wildman–Crippen LogP) is 5.05. The molecule has 0 saturated heterocycles. The van der Waals surface area contributed by atoms with Gasteiger partial charge in [0.15, 0.2) is 16.8 Å². The Hall–Kier alpha value is -3.12. The zero-order chi connectivity index (χ0) is 22.7. The zero-order valence-corrected chi connectivity index (χ0v) is 17.9. The molecule has 162 valence electrons. The van der Waals surface area contributed by atoms with E-state index in [2.05, 4.69) is 19.8 Å². The Balaban J connectivity index is 1.58. The van der Waals surface area contributed by atoms with Gasteiger partial charge in [-0.05, 0) is 48.6 Å². The fraction of sp³-hybridized carbons (Fsp3) is 0.304. The normalized spacial score (nSPS) is 26.3. The molecule has 9 heteroatoms. The van der Waals surface area contributed by atoms with E-state index in [1.807, 2.05) is 0 Å². The van der Waals surface area contributed by atoms with Crippen molar-refractivity contribution < 1.29 is 13.2 Å². The Kier molecular flexibility index (Phi) is 4.67. The van der Waals surface area contributed by atoms with Gasteiger partial charge in [-0.25, -0.2) is 18.0 Å². The largest absolute Gasteiger partial charge is 0.378 e. The Morgan fingerprint density at radius 3 is 2.84 bits per heavy atom. The Morgan fingerprint density at radius 1 is 1.28 bits per heavy atom. The van der Waals surface area contributed by atoms with E-state index in [4.69, 9.17) is 12.3 Å². The van der Waals surface area contributed by atoms with Crippen LogP contribution in [-0.4, -0.2) is 26.6 Å². The van der Waals surface area contributed by atoms with Crippen LogP contribution in [0.3, 0.4) is 0 Å². The van der Waals surface area contributed by atoms with Gasteiger partial charge in [0.25, 0.3) is 0 Å². The van der Waals surface area contributed by atoms with Crippen molar-refractivity contribution in [3.8, 4) is 0 Å². The maximum absolute atomic E-state index is 15.0. The van der Waals surface area contributed by atoms with Crippen LogP contribution in [0, 0.1) is 24.1 Å². The van der Waals surface area contributed by atoms with Crippen molar-refractivity contribution in [3.05, 3.63) is 76.5 Å². The molecular formula is C23H18F3N5S. The second kappa shape index (κ2) is 7.20. The summed E-state index contributed by atoms with van der Waals surface area (Å²) >= 11 is 1.18. The molecule has 5 nitrogen and oxygen atoms in total. The first-order valence-corrected chi connectivity index (χ1v) is 10.8. The van der Waals surface area contributed by atoms with Gasteiger partial charge in [-0.2, -0.15) is 0 Å². The second-order valence-corrected chi connectivity index (χ2v) is 9.84. The van der Waals surface area contributed by atoms with E-state index in [1.54, 1.807) is 31.3 Å². The zero-order valence-electron chi connectivity index (χ0n) is 17.1. The maximum atomic E-state index is 15.0. The maximum Gasteiger partial charge on any atom is 0.205 e. The van der Waals surface area contributed by atoms with Gasteiger partial charge < -0.3 is 5.73 Å². The number of rotatable bonds is 4. The molecule has 0 unspecified atom stereocenters. The summed E-state index contributed by atoms with van der Waals surface area (Å²) < 4.78 is 42.7. The number of alkyl halides is 1. The lowest BCUT2D eigenvalue weighted by molar-refractivity contribution is 0.356. The van der Waals surface area contributed by atoms with Crippen molar-refractivity contribution in [3.63, 3.8) is 0 Å². The van der Waals surface area contributed by atoms with E-state index >= 15 is 0 Å². The number of pyridine rings is 2. The van der Waals surface area contributed by atoms with Crippen LogP contribution in [0.2, 0.25) is 0 Å². The van der Waals surface area contributed by atoms with E-state index in [1.165, 1.54) is 18.0 Å². The molecule has 2 N–H and O–H groups in total. The van der Waals surface area contributed by atoms with Crippen molar-refractivity contribution >= 4 is 33.5 Å². The first-order chi connectivity index (χ1) is 15.3. The first-order valence-electron chi connectivity index (χ1n) is 9.99. The average molecular weight is 453 g/mol. The lowest BCUT2D eigenvalue weighted by Gasteiger charge is -2.33. The van der Waals surface area contributed by atoms with Gasteiger partial charge in [-0.15, -0.1) is 0 Å². The Morgan fingerprint density at radius 2 is 2.09 bits per heavy atom. The van der Waals surface area contributed by atoms with Gasteiger partial charge in [-0.3, -0.25) is 15.0 Å². The average Bonchev–Trinajstić information content (AvgIpc) is 3.51. The van der Waals surface area contributed by atoms with Crippen LogP contribution in [0.1, 0.15) is 30.2 Å². The van der Waals surface area contributed by atoms with Gasteiger partial charge in [-0.1, -0.05) is 11.8 Å². The number of aromatic nitrogens is 2. The van der Waals surface area contributed by atoms with Crippen LogP contribution < -0.4 is 5.73 Å². The second-order valence-electron chi connectivity index (χ2n) is 8.41. The van der Waals surface area contributed by atoms with Crippen LogP contribution >= 0.6 is 11.8 Å². The predicted molar refractivity (Wildman–Crippen MR) is 118 cm³/mol. The summed E-state index contributed by atoms with van der Waals surface area (Å²) in [6.07, 6.45) is 3.75. The van der Waals surface area contributed by atoms with Crippen molar-refractivity contribution in [2.45, 2.75) is 30.1 Å². The standard InChI is InChI=1S/C23H18F3N5S/c1-22(18-9-23(18,11-24)32-21(27)31-22)15-5-12(6-16(25)19(15)26)7-17-20-13(3-4-29-17)8-14(28-2)10-30-20/h3-6,8,10,18H,7,9,11H2,1H3,(H2,27,31)/t18-,22+,23+/m0/s1. The summed E-state index contributed by atoms with van der Waals surface area (Å²) in [7, 11) is 0. The third kappa shape index (κ3) is 3.13. The monoisotopic (exact) mass is 453 g/mol. The van der Waals surface area contributed by atoms with Crippen LogP contribution in [0.15, 0.2) is 41.7 Å². The summed E-state index contributed by atoms with van der Waals surface area (Å²) in [4.78, 5) is 16.5. The number of thioether (sulfide) groups is 1. The molecule has 0 amide bonds. The quantitative estimate of drug-likeness (QED) is 0.561. The summed E-state index contributed by atoms with van der Waals surface area (Å²) in [5, 5.41) is 0.922. The van der Waals surface area contributed by atoms with Crippen molar-refractivity contribution in [2.24, 2.45) is 16.6 Å². The lowest BCUT2D eigenvalue weighted by atomic mass is 9.84. The molecule has 32 heavy (non-hydrogen) atoms. The summed E-state index contributed by atoms with van der Waals surface area (Å²) in [6, 6.07) is 6.16. The Bertz CT molecular complexity index is 1340. The number of benzene rings is 1. The molecule has 1 fully saturated rings. The van der Waals surface area contributed by atoms with Crippen LogP contribution in [-0.2, 0) is 12.0 Å². The van der Waals surface area contributed by atoms with E-state index in [9.17, 15) is 13.2 Å². The molecule has 0 radical (unpaired) electrons. The number of nitrogens with two attached hydrogens (primary N) is 1. The number of nitrogens with zero attached hydrogens (tertiary/aromatic N) is 4. The minimum absolute atomic E-state index is 0.0690. The third-order valence-corrected chi connectivity index (χ3v) is 7.64. The number of aliphatic imine (C=N–C) groups is 1. The number of fused-ring (bicyclic) bond motifs is 2. The molecule has 3 atom stereocenters. The minimum Gasteiger partial charge on any atom is -0.378 e. The summed E-state index contributed by atoms with van der Waals surface area (Å²) in [5.74, 6) is -2.27. The molecule has 1 saturated carbocycles. The minimum atomic E-state index is -1.16. The molecule has 3 aromatic rings. The summed E-state index contributed by atoms with van der Waals surface area (Å²) in [6.45, 7) is 8.23. The molecule has 1 aliphatic heterocycles. The highest BCUT2D eigenvalue weighted by Gasteiger charge is 2.66. The van der Waals surface area contributed by atoms with Crippen molar-refractivity contribution in [1.82, 2.24) is 9.97 Å². The number of amidine groups is 1. The molecule has 0 spiro atoms. The first kappa shape index (κ1) is 20.8. The SMILES string of the molecule is [C-]#[N+]c1cnc2c(Cc3cc(F)c(F)c([C@@]4(C)N=C(N)S[C@@]5(CF)C[C@H]54)c3)nccc2c1. The van der Waals surface area contributed by atoms with Gasteiger partial charge in [0.05, 0.1) is 28.1 Å². The highest BCUT2D eigenvalue weighted by atomic mass is 32.2. The third-order valence-electron chi connectivity index (χ3n) is 6.37. The smallest absolute Gasteiger partial charge is 0.205 e. The highest BCUT2D eigenvalue weighted by molar-refractivity contribution is 8.15. The fourth-order valence-corrected chi connectivity index (χ4v) is 6.01.